The normalized spacial score (nSPS) is 12.3. The molecule has 5 nitrogen and oxygen atoms in total. The molecule has 0 aliphatic heterocycles. The molecule has 0 aromatic heterocycles. The lowest BCUT2D eigenvalue weighted by atomic mass is 10.0. The summed E-state index contributed by atoms with van der Waals surface area (Å²) in [5, 5.41) is 12.6. The smallest absolute Gasteiger partial charge is 0.320 e. The Bertz CT molecular complexity index is 476. The minimum absolute atomic E-state index is 0.0110. The van der Waals surface area contributed by atoms with Crippen molar-refractivity contribution < 1.29 is 19.4 Å². The molecule has 0 unspecified atom stereocenters. The van der Waals surface area contributed by atoms with E-state index in [9.17, 15) is 4.79 Å². The molecule has 0 heterocycles. The fourth-order valence-electron chi connectivity index (χ4n) is 1.91. The summed E-state index contributed by atoms with van der Waals surface area (Å²) in [7, 11) is 3.04. The molecule has 0 saturated carbocycles. The van der Waals surface area contributed by atoms with Crippen molar-refractivity contribution in [3.8, 4) is 11.5 Å². The average molecular weight is 302 g/mol. The van der Waals surface area contributed by atoms with Crippen LogP contribution in [0.25, 0.3) is 0 Å². The molecule has 1 atom stereocenters. The van der Waals surface area contributed by atoms with Gasteiger partial charge in [0.2, 0.25) is 0 Å². The monoisotopic (exact) mass is 301 g/mol. The van der Waals surface area contributed by atoms with Gasteiger partial charge >= 0.3 is 5.97 Å². The Labute approximate surface area is 123 Å². The van der Waals surface area contributed by atoms with Crippen molar-refractivity contribution in [3.63, 3.8) is 0 Å². The molecule has 1 aromatic carbocycles. The number of carboxylic acid groups (broad SMARTS) is 1. The molecule has 1 rings (SSSR count). The molecule has 0 spiro atoms. The first kappa shape index (κ1) is 16.6. The Morgan fingerprint density at radius 1 is 1.35 bits per heavy atom. The van der Waals surface area contributed by atoms with E-state index >= 15 is 0 Å². The summed E-state index contributed by atoms with van der Waals surface area (Å²) in [5.74, 6) is 0.111. The standard InChI is InChI=1S/C14H20ClNO4/c1-8(2)12(14(17)18)16-7-9-5-10(15)13(20-4)11(6-9)19-3/h5-6,8,12,16H,7H2,1-4H3,(H,17,18)/t12-/m0/s1. The number of ether oxygens (including phenoxy) is 2. The molecule has 1 aromatic rings. The van der Waals surface area contributed by atoms with Gasteiger partial charge in [-0.1, -0.05) is 25.4 Å². The highest BCUT2D eigenvalue weighted by Crippen LogP contribution is 2.35. The van der Waals surface area contributed by atoms with Crippen LogP contribution in [0.15, 0.2) is 12.1 Å². The highest BCUT2D eigenvalue weighted by Gasteiger charge is 2.21. The van der Waals surface area contributed by atoms with E-state index in [0.29, 0.717) is 23.1 Å². The number of nitrogens with one attached hydrogen (secondary N) is 1. The number of carbonyl (C=O) groups is 1. The van der Waals surface area contributed by atoms with E-state index in [1.54, 1.807) is 12.1 Å². The predicted molar refractivity (Wildman–Crippen MR) is 77.7 cm³/mol. The van der Waals surface area contributed by atoms with Gasteiger partial charge < -0.3 is 19.9 Å². The van der Waals surface area contributed by atoms with Crippen molar-refractivity contribution >= 4 is 17.6 Å². The third-order valence-electron chi connectivity index (χ3n) is 2.95. The first-order valence-corrected chi connectivity index (χ1v) is 6.65. The second kappa shape index (κ2) is 7.36. The Balaban J connectivity index is 2.88. The maximum absolute atomic E-state index is 11.1. The minimum atomic E-state index is -0.869. The maximum Gasteiger partial charge on any atom is 0.320 e. The van der Waals surface area contributed by atoms with Crippen molar-refractivity contribution in [2.24, 2.45) is 5.92 Å². The van der Waals surface area contributed by atoms with Crippen molar-refractivity contribution in [1.29, 1.82) is 0 Å². The lowest BCUT2D eigenvalue weighted by Crippen LogP contribution is -2.40. The third-order valence-corrected chi connectivity index (χ3v) is 3.23. The van der Waals surface area contributed by atoms with Gasteiger partial charge in [0.15, 0.2) is 11.5 Å². The van der Waals surface area contributed by atoms with Gasteiger partial charge in [-0.2, -0.15) is 0 Å². The number of benzene rings is 1. The van der Waals surface area contributed by atoms with Gasteiger partial charge in [0.1, 0.15) is 6.04 Å². The summed E-state index contributed by atoms with van der Waals surface area (Å²) in [6.45, 7) is 4.09. The van der Waals surface area contributed by atoms with Crippen LogP contribution in [-0.2, 0) is 11.3 Å². The molecule has 20 heavy (non-hydrogen) atoms. The van der Waals surface area contributed by atoms with E-state index in [1.807, 2.05) is 13.8 Å². The van der Waals surface area contributed by atoms with E-state index in [0.717, 1.165) is 5.56 Å². The molecule has 0 radical (unpaired) electrons. The minimum Gasteiger partial charge on any atom is -0.493 e. The van der Waals surface area contributed by atoms with Gasteiger partial charge in [-0.15, -0.1) is 0 Å². The van der Waals surface area contributed by atoms with Crippen LogP contribution < -0.4 is 14.8 Å². The average Bonchev–Trinajstić information content (AvgIpc) is 2.37. The number of hydrogen-bond acceptors (Lipinski definition) is 4. The molecule has 0 aliphatic carbocycles. The Morgan fingerprint density at radius 2 is 2.00 bits per heavy atom. The zero-order chi connectivity index (χ0) is 15.3. The van der Waals surface area contributed by atoms with Gasteiger partial charge in [-0.3, -0.25) is 4.79 Å². The fraction of sp³-hybridized carbons (Fsp3) is 0.500. The fourth-order valence-corrected chi connectivity index (χ4v) is 2.22. The van der Waals surface area contributed by atoms with Gasteiger partial charge in [-0.25, -0.2) is 0 Å². The zero-order valence-electron chi connectivity index (χ0n) is 12.1. The summed E-state index contributed by atoms with van der Waals surface area (Å²) >= 11 is 6.10. The van der Waals surface area contributed by atoms with Crippen LogP contribution in [0.2, 0.25) is 5.02 Å². The number of methoxy groups -OCH3 is 2. The second-order valence-electron chi connectivity index (χ2n) is 4.75. The highest BCUT2D eigenvalue weighted by molar-refractivity contribution is 6.32. The molecule has 2 N–H and O–H groups in total. The summed E-state index contributed by atoms with van der Waals surface area (Å²) < 4.78 is 10.4. The largest absolute Gasteiger partial charge is 0.493 e. The van der Waals surface area contributed by atoms with Crippen LogP contribution in [0.4, 0.5) is 0 Å². The topological polar surface area (TPSA) is 67.8 Å². The van der Waals surface area contributed by atoms with E-state index in [2.05, 4.69) is 5.32 Å². The van der Waals surface area contributed by atoms with Crippen molar-refractivity contribution in [2.45, 2.75) is 26.4 Å². The van der Waals surface area contributed by atoms with Gasteiger partial charge in [0, 0.05) is 6.54 Å². The van der Waals surface area contributed by atoms with Crippen molar-refractivity contribution in [3.05, 3.63) is 22.7 Å². The van der Waals surface area contributed by atoms with Gasteiger partial charge in [0.05, 0.1) is 19.2 Å². The summed E-state index contributed by atoms with van der Waals surface area (Å²) in [6, 6.07) is 2.90. The number of carboxylic acids is 1. The molecule has 0 aliphatic rings. The molecule has 6 heteroatoms. The molecule has 0 amide bonds. The number of aliphatic carboxylic acids is 1. The molecular formula is C14H20ClNO4. The maximum atomic E-state index is 11.1. The predicted octanol–water partition coefficient (Wildman–Crippen LogP) is 2.56. The molecule has 0 fully saturated rings. The first-order chi connectivity index (χ1) is 9.40. The van der Waals surface area contributed by atoms with E-state index in [-0.39, 0.29) is 5.92 Å². The second-order valence-corrected chi connectivity index (χ2v) is 5.16. The van der Waals surface area contributed by atoms with E-state index in [1.165, 1.54) is 14.2 Å². The Kier molecular flexibility index (Phi) is 6.10. The van der Waals surface area contributed by atoms with Gasteiger partial charge in [-0.05, 0) is 23.6 Å². The van der Waals surface area contributed by atoms with Crippen molar-refractivity contribution in [1.82, 2.24) is 5.32 Å². The highest BCUT2D eigenvalue weighted by atomic mass is 35.5. The molecule has 0 saturated heterocycles. The quantitative estimate of drug-likeness (QED) is 0.810. The molecule has 0 bridgehead atoms. The molecule has 112 valence electrons. The Morgan fingerprint density at radius 3 is 2.45 bits per heavy atom. The summed E-state index contributed by atoms with van der Waals surface area (Å²) in [6.07, 6.45) is 0. The van der Waals surface area contributed by atoms with Crippen LogP contribution >= 0.6 is 11.6 Å². The number of halogens is 1. The van der Waals surface area contributed by atoms with Crippen LogP contribution in [-0.4, -0.2) is 31.3 Å². The third kappa shape index (κ3) is 4.02. The van der Waals surface area contributed by atoms with Gasteiger partial charge in [0.25, 0.3) is 0 Å². The van der Waals surface area contributed by atoms with Crippen LogP contribution in [0.1, 0.15) is 19.4 Å². The SMILES string of the molecule is COc1cc(CN[C@H](C(=O)O)C(C)C)cc(Cl)c1OC. The lowest BCUT2D eigenvalue weighted by Gasteiger charge is -2.18. The molecular weight excluding hydrogens is 282 g/mol. The van der Waals surface area contributed by atoms with Crippen LogP contribution in [0.3, 0.4) is 0 Å². The number of rotatable bonds is 7. The van der Waals surface area contributed by atoms with Crippen molar-refractivity contribution in [2.75, 3.05) is 14.2 Å². The van der Waals surface area contributed by atoms with Crippen LogP contribution in [0.5, 0.6) is 11.5 Å². The number of hydrogen-bond donors (Lipinski definition) is 2. The van der Waals surface area contributed by atoms with E-state index < -0.39 is 12.0 Å². The Hall–Kier alpha value is -1.46. The lowest BCUT2D eigenvalue weighted by molar-refractivity contribution is -0.140. The summed E-state index contributed by atoms with van der Waals surface area (Å²) in [4.78, 5) is 11.1. The first-order valence-electron chi connectivity index (χ1n) is 6.27. The zero-order valence-corrected chi connectivity index (χ0v) is 12.8. The summed E-state index contributed by atoms with van der Waals surface area (Å²) in [5.41, 5.74) is 0.833. The van der Waals surface area contributed by atoms with Crippen LogP contribution in [0, 0.1) is 5.92 Å². The van der Waals surface area contributed by atoms with E-state index in [4.69, 9.17) is 26.2 Å².